The van der Waals surface area contributed by atoms with E-state index in [1.165, 1.54) is 0 Å². The first-order valence-corrected chi connectivity index (χ1v) is 14.4. The topological polar surface area (TPSA) is 52.8 Å². The van der Waals surface area contributed by atoms with Gasteiger partial charge in [0, 0.05) is 0 Å². The average Bonchev–Trinajstić information content (AvgIpc) is 2.81. The summed E-state index contributed by atoms with van der Waals surface area (Å²) in [4.78, 5) is 13.6. The Balaban J connectivity index is 2.55. The minimum Gasteiger partial charge on any atom is -0.529 e. The fourth-order valence-corrected chi connectivity index (χ4v) is 4.75. The fraction of sp³-hybridized carbons (Fsp3) is 0.706. The van der Waals surface area contributed by atoms with Crippen LogP contribution in [0.2, 0.25) is 36.3 Å². The van der Waals surface area contributed by atoms with Crippen molar-refractivity contribution in [3.8, 4) is 5.88 Å². The summed E-state index contributed by atoms with van der Waals surface area (Å²) in [6.07, 6.45) is 3.53. The van der Waals surface area contributed by atoms with Crippen molar-refractivity contribution >= 4 is 27.7 Å². The van der Waals surface area contributed by atoms with Crippen molar-refractivity contribution in [2.75, 3.05) is 0 Å². The van der Waals surface area contributed by atoms with Crippen molar-refractivity contribution in [1.82, 2.24) is 19.2 Å². The van der Waals surface area contributed by atoms with Crippen LogP contribution in [-0.2, 0) is 0 Å². The Morgan fingerprint density at radius 2 is 1.46 bits per heavy atom. The maximum atomic E-state index is 6.42. The highest BCUT2D eigenvalue weighted by Crippen LogP contribution is 2.40. The average molecular weight is 365 g/mol. The van der Waals surface area contributed by atoms with Gasteiger partial charge in [-0.15, -0.1) is 0 Å². The smallest absolute Gasteiger partial charge is 0.252 e. The molecule has 0 saturated carbocycles. The van der Waals surface area contributed by atoms with Crippen LogP contribution in [0.5, 0.6) is 5.88 Å². The minimum absolute atomic E-state index is 0.117. The summed E-state index contributed by atoms with van der Waals surface area (Å²) in [5.41, 5.74) is 1.68. The van der Waals surface area contributed by atoms with Crippen molar-refractivity contribution in [2.45, 2.75) is 77.8 Å². The standard InChI is InChI=1S/C17H32N4OSi2/c1-16(2,3)23(7,8)21-12-20-13-14(21)18-11-19-15(13)22-24(9,10)17(4,5)6/h11-12H,1-10H3. The molecule has 0 fully saturated rings. The lowest BCUT2D eigenvalue weighted by molar-refractivity contribution is 0.480. The van der Waals surface area contributed by atoms with E-state index in [9.17, 15) is 0 Å². The summed E-state index contributed by atoms with van der Waals surface area (Å²) in [7, 11) is -3.76. The van der Waals surface area contributed by atoms with Gasteiger partial charge in [-0.05, 0) is 23.2 Å². The zero-order valence-corrected chi connectivity index (χ0v) is 18.9. The molecule has 134 valence electrons. The first-order valence-electron chi connectivity index (χ1n) is 8.56. The van der Waals surface area contributed by atoms with E-state index in [0.29, 0.717) is 5.88 Å². The fourth-order valence-electron chi connectivity index (χ4n) is 2.05. The molecule has 2 rings (SSSR count). The zero-order chi connectivity index (χ0) is 18.6. The maximum Gasteiger partial charge on any atom is 0.252 e. The number of hydrogen-bond donors (Lipinski definition) is 0. The van der Waals surface area contributed by atoms with Crippen LogP contribution in [0.15, 0.2) is 12.7 Å². The van der Waals surface area contributed by atoms with Gasteiger partial charge < -0.3 is 8.66 Å². The molecule has 24 heavy (non-hydrogen) atoms. The minimum atomic E-state index is -1.96. The van der Waals surface area contributed by atoms with E-state index in [1.807, 2.05) is 6.33 Å². The van der Waals surface area contributed by atoms with E-state index in [0.717, 1.165) is 11.2 Å². The van der Waals surface area contributed by atoms with Crippen LogP contribution in [0.1, 0.15) is 41.5 Å². The van der Waals surface area contributed by atoms with Gasteiger partial charge in [0.2, 0.25) is 5.88 Å². The lowest BCUT2D eigenvalue weighted by Gasteiger charge is -2.37. The lowest BCUT2D eigenvalue weighted by Crippen LogP contribution is -2.45. The SMILES string of the molecule is CC(C)(C)[Si](C)(C)Oc1ncnc2c1ncn2[Si](C)(C)C(C)(C)C. The van der Waals surface area contributed by atoms with Gasteiger partial charge in [0.05, 0.1) is 6.33 Å². The predicted molar refractivity (Wildman–Crippen MR) is 106 cm³/mol. The highest BCUT2D eigenvalue weighted by atomic mass is 28.4. The van der Waals surface area contributed by atoms with Crippen LogP contribution >= 0.6 is 0 Å². The molecule has 0 aliphatic heterocycles. The second-order valence-corrected chi connectivity index (χ2v) is 19.5. The molecule has 0 aliphatic rings. The number of nitrogens with zero attached hydrogens (tertiary/aromatic N) is 4. The summed E-state index contributed by atoms with van der Waals surface area (Å²) in [5.74, 6) is 0.629. The molecule has 0 amide bonds. The van der Waals surface area contributed by atoms with E-state index < -0.39 is 16.6 Å². The molecule has 0 bridgehead atoms. The Kier molecular flexibility index (Phi) is 4.51. The molecule has 2 aromatic rings. The van der Waals surface area contributed by atoms with Crippen molar-refractivity contribution in [1.29, 1.82) is 0 Å². The van der Waals surface area contributed by atoms with E-state index in [1.54, 1.807) is 6.33 Å². The van der Waals surface area contributed by atoms with E-state index in [-0.39, 0.29) is 10.1 Å². The quantitative estimate of drug-likeness (QED) is 0.714. The molecular formula is C17H32N4OSi2. The van der Waals surface area contributed by atoms with Crippen LogP contribution in [0.4, 0.5) is 0 Å². The van der Waals surface area contributed by atoms with Crippen LogP contribution in [-0.4, -0.2) is 35.7 Å². The maximum absolute atomic E-state index is 6.42. The summed E-state index contributed by atoms with van der Waals surface area (Å²) in [6, 6.07) is 0. The van der Waals surface area contributed by atoms with Gasteiger partial charge in [0.1, 0.15) is 6.33 Å². The third-order valence-electron chi connectivity index (χ3n) is 5.90. The molecule has 0 saturated heterocycles. The molecule has 0 aromatic carbocycles. The van der Waals surface area contributed by atoms with Crippen molar-refractivity contribution in [3.05, 3.63) is 12.7 Å². The second kappa shape index (κ2) is 5.66. The molecule has 0 atom stereocenters. The van der Waals surface area contributed by atoms with E-state index >= 15 is 0 Å². The Bertz CT molecular complexity index is 739. The van der Waals surface area contributed by atoms with Crippen LogP contribution in [0.25, 0.3) is 11.2 Å². The number of fused-ring (bicyclic) bond motifs is 1. The van der Waals surface area contributed by atoms with Crippen molar-refractivity contribution < 1.29 is 4.43 Å². The summed E-state index contributed by atoms with van der Waals surface area (Å²) in [6.45, 7) is 22.7. The number of imidazole rings is 1. The Hall–Kier alpha value is -1.22. The Morgan fingerprint density at radius 1 is 0.875 bits per heavy atom. The largest absolute Gasteiger partial charge is 0.529 e. The van der Waals surface area contributed by atoms with Gasteiger partial charge in [-0.3, -0.25) is 0 Å². The van der Waals surface area contributed by atoms with Crippen LogP contribution in [0, 0.1) is 0 Å². The third-order valence-corrected chi connectivity index (χ3v) is 15.4. The molecule has 0 unspecified atom stereocenters. The summed E-state index contributed by atoms with van der Waals surface area (Å²) < 4.78 is 8.70. The normalized spacial score (nSPS) is 14.2. The second-order valence-electron chi connectivity index (χ2n) is 9.64. The molecule has 0 aliphatic carbocycles. The van der Waals surface area contributed by atoms with E-state index in [4.69, 9.17) is 4.43 Å². The molecular weight excluding hydrogens is 332 g/mol. The number of hydrogen-bond acceptors (Lipinski definition) is 4. The highest BCUT2D eigenvalue weighted by Gasteiger charge is 2.41. The molecule has 5 nitrogen and oxygen atoms in total. The predicted octanol–water partition coefficient (Wildman–Crippen LogP) is 5.06. The zero-order valence-electron chi connectivity index (χ0n) is 16.9. The molecule has 0 N–H and O–H groups in total. The highest BCUT2D eigenvalue weighted by molar-refractivity contribution is 6.79. The molecule has 0 spiro atoms. The number of rotatable bonds is 3. The van der Waals surface area contributed by atoms with Gasteiger partial charge in [-0.25, -0.2) is 15.0 Å². The first kappa shape index (κ1) is 19.1. The first-order chi connectivity index (χ1) is 10.7. The Labute approximate surface area is 148 Å². The monoisotopic (exact) mass is 364 g/mol. The van der Waals surface area contributed by atoms with Crippen molar-refractivity contribution in [3.63, 3.8) is 0 Å². The molecule has 7 heteroatoms. The molecule has 2 heterocycles. The van der Waals surface area contributed by atoms with Gasteiger partial charge in [0.15, 0.2) is 19.4 Å². The lowest BCUT2D eigenvalue weighted by atomic mass is 10.2. The van der Waals surface area contributed by atoms with Gasteiger partial charge in [0.25, 0.3) is 8.32 Å². The Morgan fingerprint density at radius 3 is 1.96 bits per heavy atom. The van der Waals surface area contributed by atoms with Gasteiger partial charge in [-0.1, -0.05) is 54.6 Å². The van der Waals surface area contributed by atoms with E-state index in [2.05, 4.69) is 86.9 Å². The molecule has 2 aromatic heterocycles. The third kappa shape index (κ3) is 3.15. The summed E-state index contributed by atoms with van der Waals surface area (Å²) >= 11 is 0. The summed E-state index contributed by atoms with van der Waals surface area (Å²) in [5, 5.41) is 0.318. The van der Waals surface area contributed by atoms with Crippen LogP contribution < -0.4 is 4.43 Å². The van der Waals surface area contributed by atoms with Crippen molar-refractivity contribution in [2.24, 2.45) is 0 Å². The van der Waals surface area contributed by atoms with Crippen LogP contribution in [0.3, 0.4) is 0 Å². The van der Waals surface area contributed by atoms with Gasteiger partial charge >= 0.3 is 0 Å². The van der Waals surface area contributed by atoms with Gasteiger partial charge in [-0.2, -0.15) is 0 Å². The number of aromatic nitrogens is 4. The molecule has 0 radical (unpaired) electrons.